The number of hydrogen-bond acceptors (Lipinski definition) is 3. The van der Waals surface area contributed by atoms with E-state index in [4.69, 9.17) is 0 Å². The number of nitrogens with zero attached hydrogens (tertiary/aromatic N) is 1. The fraction of sp³-hybridized carbons (Fsp3) is 0.471. The molecule has 0 radical (unpaired) electrons. The molecule has 0 unspecified atom stereocenters. The van der Waals surface area contributed by atoms with E-state index >= 15 is 0 Å². The third kappa shape index (κ3) is 3.36. The van der Waals surface area contributed by atoms with Crippen molar-refractivity contribution in [1.82, 2.24) is 4.90 Å². The highest BCUT2D eigenvalue weighted by molar-refractivity contribution is 6.06. The number of anilines is 1. The van der Waals surface area contributed by atoms with Crippen LogP contribution in [0, 0.1) is 19.3 Å². The number of aliphatic carboxylic acids is 1. The van der Waals surface area contributed by atoms with Gasteiger partial charge in [0.15, 0.2) is 0 Å². The zero-order valence-corrected chi connectivity index (χ0v) is 13.7. The monoisotopic (exact) mass is 318 g/mol. The van der Waals surface area contributed by atoms with Gasteiger partial charge in [0.1, 0.15) is 5.41 Å². The van der Waals surface area contributed by atoms with Crippen molar-refractivity contribution in [2.24, 2.45) is 5.41 Å². The predicted octanol–water partition coefficient (Wildman–Crippen LogP) is 1.96. The summed E-state index contributed by atoms with van der Waals surface area (Å²) in [7, 11) is 0. The van der Waals surface area contributed by atoms with Gasteiger partial charge in [-0.3, -0.25) is 14.4 Å². The average molecular weight is 318 g/mol. The van der Waals surface area contributed by atoms with Crippen molar-refractivity contribution in [2.45, 2.75) is 33.6 Å². The summed E-state index contributed by atoms with van der Waals surface area (Å²) in [6.07, 6.45) is 0.687. The molecule has 6 heteroatoms. The second-order valence-corrected chi connectivity index (χ2v) is 6.02. The second-order valence-electron chi connectivity index (χ2n) is 6.02. The lowest BCUT2D eigenvalue weighted by atomic mass is 10.1. The van der Waals surface area contributed by atoms with E-state index in [0.717, 1.165) is 16.8 Å². The molecule has 0 atom stereocenters. The normalized spacial score (nSPS) is 14.9. The maximum atomic E-state index is 12.4. The van der Waals surface area contributed by atoms with Gasteiger partial charge in [0.05, 0.1) is 6.54 Å². The first-order valence-corrected chi connectivity index (χ1v) is 7.70. The number of nitrogens with one attached hydrogen (secondary N) is 1. The number of para-hydroxylation sites is 1. The van der Waals surface area contributed by atoms with Gasteiger partial charge in [-0.1, -0.05) is 18.2 Å². The minimum atomic E-state index is -1.31. The first-order valence-electron chi connectivity index (χ1n) is 7.70. The van der Waals surface area contributed by atoms with E-state index in [9.17, 15) is 19.5 Å². The quantitative estimate of drug-likeness (QED) is 0.785. The van der Waals surface area contributed by atoms with Crippen molar-refractivity contribution in [2.75, 3.05) is 18.4 Å². The van der Waals surface area contributed by atoms with Gasteiger partial charge in [-0.25, -0.2) is 0 Å². The van der Waals surface area contributed by atoms with Gasteiger partial charge >= 0.3 is 5.97 Å². The molecule has 0 spiro atoms. The molecule has 1 aromatic rings. The van der Waals surface area contributed by atoms with Crippen LogP contribution in [0.15, 0.2) is 18.2 Å². The van der Waals surface area contributed by atoms with Gasteiger partial charge in [-0.15, -0.1) is 0 Å². The minimum Gasteiger partial charge on any atom is -0.480 e. The van der Waals surface area contributed by atoms with E-state index in [1.807, 2.05) is 32.0 Å². The molecule has 0 aromatic heterocycles. The lowest BCUT2D eigenvalue weighted by molar-refractivity contribution is -0.154. The smallest absolute Gasteiger partial charge is 0.319 e. The van der Waals surface area contributed by atoms with Gasteiger partial charge < -0.3 is 15.3 Å². The summed E-state index contributed by atoms with van der Waals surface area (Å²) in [5, 5.41) is 12.0. The Morgan fingerprint density at radius 1 is 1.22 bits per heavy atom. The van der Waals surface area contributed by atoms with Crippen molar-refractivity contribution >= 4 is 23.5 Å². The molecule has 1 aliphatic rings. The standard InChI is InChI=1S/C17H22N2O4/c1-4-19(15(21)17(8-9-17)16(22)23)10-13(20)18-14-11(2)6-5-7-12(14)3/h5-7H,4,8-10H2,1-3H3,(H,18,20)(H,22,23). The number of likely N-dealkylation sites (N-methyl/N-ethyl adjacent to an activating group) is 1. The maximum Gasteiger partial charge on any atom is 0.319 e. The first-order chi connectivity index (χ1) is 10.8. The lowest BCUT2D eigenvalue weighted by Crippen LogP contribution is -2.44. The Bertz CT molecular complexity index is 630. The second kappa shape index (κ2) is 6.40. The highest BCUT2D eigenvalue weighted by Gasteiger charge is 2.58. The van der Waals surface area contributed by atoms with Crippen molar-refractivity contribution < 1.29 is 19.5 Å². The molecule has 1 aliphatic carbocycles. The van der Waals surface area contributed by atoms with Crippen LogP contribution >= 0.6 is 0 Å². The van der Waals surface area contributed by atoms with Crippen molar-refractivity contribution in [1.29, 1.82) is 0 Å². The fourth-order valence-electron chi connectivity index (χ4n) is 2.64. The highest BCUT2D eigenvalue weighted by atomic mass is 16.4. The van der Waals surface area contributed by atoms with Gasteiger partial charge in [-0.05, 0) is 44.7 Å². The van der Waals surface area contributed by atoms with Crippen LogP contribution in [0.3, 0.4) is 0 Å². The summed E-state index contributed by atoms with van der Waals surface area (Å²) in [6.45, 7) is 5.69. The van der Waals surface area contributed by atoms with Crippen LogP contribution in [0.25, 0.3) is 0 Å². The average Bonchev–Trinajstić information content (AvgIpc) is 3.30. The summed E-state index contributed by atoms with van der Waals surface area (Å²) in [5.74, 6) is -1.89. The van der Waals surface area contributed by atoms with Crippen LogP contribution in [0.1, 0.15) is 30.9 Å². The molecule has 1 fully saturated rings. The summed E-state index contributed by atoms with van der Waals surface area (Å²) in [4.78, 5) is 37.2. The highest BCUT2D eigenvalue weighted by Crippen LogP contribution is 2.47. The number of carbonyl (C=O) groups is 3. The molecule has 0 aliphatic heterocycles. The van der Waals surface area contributed by atoms with Crippen molar-refractivity contribution in [3.05, 3.63) is 29.3 Å². The Balaban J connectivity index is 2.06. The lowest BCUT2D eigenvalue weighted by Gasteiger charge is -2.24. The van der Waals surface area contributed by atoms with E-state index < -0.39 is 17.3 Å². The molecule has 1 saturated carbocycles. The van der Waals surface area contributed by atoms with Crippen LogP contribution in [-0.4, -0.2) is 40.9 Å². The topological polar surface area (TPSA) is 86.7 Å². The number of aryl methyl sites for hydroxylation is 2. The Morgan fingerprint density at radius 3 is 2.22 bits per heavy atom. The van der Waals surface area contributed by atoms with Crippen LogP contribution in [0.5, 0.6) is 0 Å². The van der Waals surface area contributed by atoms with E-state index in [1.165, 1.54) is 4.90 Å². The van der Waals surface area contributed by atoms with Gasteiger partial charge in [0, 0.05) is 12.2 Å². The SMILES string of the molecule is CCN(CC(=O)Nc1c(C)cccc1C)C(=O)C1(C(=O)O)CC1. The maximum absolute atomic E-state index is 12.4. The van der Waals surface area contributed by atoms with Gasteiger partial charge in [0.25, 0.3) is 0 Å². The Hall–Kier alpha value is -2.37. The first kappa shape index (κ1) is 17.0. The third-order valence-corrected chi connectivity index (χ3v) is 4.32. The number of benzene rings is 1. The summed E-state index contributed by atoms with van der Waals surface area (Å²) in [6, 6.07) is 5.70. The Labute approximate surface area is 135 Å². The van der Waals surface area contributed by atoms with Crippen LogP contribution in [-0.2, 0) is 14.4 Å². The Morgan fingerprint density at radius 2 is 1.78 bits per heavy atom. The molecule has 23 heavy (non-hydrogen) atoms. The van der Waals surface area contributed by atoms with Gasteiger partial charge in [0.2, 0.25) is 11.8 Å². The van der Waals surface area contributed by atoms with E-state index in [0.29, 0.717) is 19.4 Å². The van der Waals surface area contributed by atoms with E-state index in [1.54, 1.807) is 6.92 Å². The van der Waals surface area contributed by atoms with Crippen molar-refractivity contribution in [3.63, 3.8) is 0 Å². The van der Waals surface area contributed by atoms with Crippen LogP contribution < -0.4 is 5.32 Å². The van der Waals surface area contributed by atoms with E-state index in [2.05, 4.69) is 5.32 Å². The Kier molecular flexibility index (Phi) is 4.73. The molecule has 0 bridgehead atoms. The molecular formula is C17H22N2O4. The van der Waals surface area contributed by atoms with Crippen LogP contribution in [0.4, 0.5) is 5.69 Å². The largest absolute Gasteiger partial charge is 0.480 e. The molecule has 2 amide bonds. The fourth-order valence-corrected chi connectivity index (χ4v) is 2.64. The summed E-state index contributed by atoms with van der Waals surface area (Å²) >= 11 is 0. The number of rotatable bonds is 6. The number of carboxylic acid groups (broad SMARTS) is 1. The summed E-state index contributed by atoms with van der Waals surface area (Å²) in [5.41, 5.74) is 1.31. The third-order valence-electron chi connectivity index (χ3n) is 4.32. The number of carboxylic acids is 1. The van der Waals surface area contributed by atoms with Gasteiger partial charge in [-0.2, -0.15) is 0 Å². The number of hydrogen-bond donors (Lipinski definition) is 2. The molecule has 2 N–H and O–H groups in total. The molecule has 6 nitrogen and oxygen atoms in total. The zero-order valence-electron chi connectivity index (χ0n) is 13.7. The van der Waals surface area contributed by atoms with Crippen molar-refractivity contribution in [3.8, 4) is 0 Å². The minimum absolute atomic E-state index is 0.141. The molecular weight excluding hydrogens is 296 g/mol. The molecule has 0 heterocycles. The zero-order chi connectivity index (χ0) is 17.2. The molecule has 124 valence electrons. The number of amides is 2. The van der Waals surface area contributed by atoms with E-state index in [-0.39, 0.29) is 12.5 Å². The molecule has 2 rings (SSSR count). The molecule has 1 aromatic carbocycles. The number of carbonyl (C=O) groups excluding carboxylic acids is 2. The van der Waals surface area contributed by atoms with Crippen LogP contribution in [0.2, 0.25) is 0 Å². The molecule has 0 saturated heterocycles. The summed E-state index contributed by atoms with van der Waals surface area (Å²) < 4.78 is 0. The predicted molar refractivity (Wildman–Crippen MR) is 86.1 cm³/mol.